The molecule has 2 unspecified atom stereocenters. The minimum absolute atomic E-state index is 0.352. The SMILES string of the molecule is COc1cc(C(O)C(O)CC(=O)O)ccc1N. The van der Waals surface area contributed by atoms with Gasteiger partial charge in [0.2, 0.25) is 0 Å². The average Bonchev–Trinajstić information content (AvgIpc) is 2.27. The van der Waals surface area contributed by atoms with E-state index in [1.54, 1.807) is 0 Å². The molecule has 0 aliphatic rings. The number of rotatable bonds is 5. The summed E-state index contributed by atoms with van der Waals surface area (Å²) in [6, 6.07) is 4.49. The van der Waals surface area contributed by atoms with Gasteiger partial charge in [0.1, 0.15) is 11.9 Å². The normalized spacial score (nSPS) is 14.1. The molecule has 1 aromatic carbocycles. The lowest BCUT2D eigenvalue weighted by atomic mass is 10.0. The molecule has 0 aliphatic carbocycles. The second kappa shape index (κ2) is 5.51. The summed E-state index contributed by atoms with van der Waals surface area (Å²) in [7, 11) is 1.43. The Kier molecular flexibility index (Phi) is 4.30. The minimum Gasteiger partial charge on any atom is -0.495 e. The molecule has 0 amide bonds. The predicted molar refractivity (Wildman–Crippen MR) is 60.6 cm³/mol. The third-order valence-corrected chi connectivity index (χ3v) is 2.35. The summed E-state index contributed by atoms with van der Waals surface area (Å²) in [6.07, 6.45) is -3.20. The molecule has 0 spiro atoms. The molecule has 6 nitrogen and oxygen atoms in total. The van der Waals surface area contributed by atoms with Crippen molar-refractivity contribution in [1.82, 2.24) is 0 Å². The van der Waals surface area contributed by atoms with E-state index in [0.717, 1.165) is 0 Å². The van der Waals surface area contributed by atoms with E-state index < -0.39 is 24.6 Å². The van der Waals surface area contributed by atoms with Crippen LogP contribution in [-0.2, 0) is 4.79 Å². The molecule has 0 saturated heterocycles. The fraction of sp³-hybridized carbons (Fsp3) is 0.364. The fourth-order valence-electron chi connectivity index (χ4n) is 1.42. The van der Waals surface area contributed by atoms with Crippen molar-refractivity contribution >= 4 is 11.7 Å². The Morgan fingerprint density at radius 2 is 2.12 bits per heavy atom. The largest absolute Gasteiger partial charge is 0.495 e. The van der Waals surface area contributed by atoms with E-state index in [2.05, 4.69) is 0 Å². The van der Waals surface area contributed by atoms with Gasteiger partial charge in [0.15, 0.2) is 0 Å². The van der Waals surface area contributed by atoms with Gasteiger partial charge < -0.3 is 25.8 Å². The fourth-order valence-corrected chi connectivity index (χ4v) is 1.42. The standard InChI is InChI=1S/C11H15NO5/c1-17-9-4-6(2-3-7(9)12)11(16)8(13)5-10(14)15/h2-4,8,11,13,16H,5,12H2,1H3,(H,14,15). The first-order chi connectivity index (χ1) is 7.95. The number of hydrogen-bond acceptors (Lipinski definition) is 5. The van der Waals surface area contributed by atoms with Gasteiger partial charge in [-0.25, -0.2) is 0 Å². The van der Waals surface area contributed by atoms with Crippen LogP contribution in [0.3, 0.4) is 0 Å². The van der Waals surface area contributed by atoms with Crippen molar-refractivity contribution in [1.29, 1.82) is 0 Å². The van der Waals surface area contributed by atoms with Crippen LogP contribution in [-0.4, -0.2) is 34.5 Å². The van der Waals surface area contributed by atoms with Gasteiger partial charge in [0.25, 0.3) is 0 Å². The summed E-state index contributed by atoms with van der Waals surface area (Å²) in [5.74, 6) is -0.817. The van der Waals surface area contributed by atoms with Crippen molar-refractivity contribution < 1.29 is 24.9 Å². The van der Waals surface area contributed by atoms with E-state index >= 15 is 0 Å². The third-order valence-electron chi connectivity index (χ3n) is 2.35. The van der Waals surface area contributed by atoms with Gasteiger partial charge in [0.05, 0.1) is 25.3 Å². The third kappa shape index (κ3) is 3.33. The number of nitrogen functional groups attached to an aromatic ring is 1. The predicted octanol–water partition coefficient (Wildman–Crippen LogP) is 0.146. The number of ether oxygens (including phenoxy) is 1. The molecule has 17 heavy (non-hydrogen) atoms. The first-order valence-electron chi connectivity index (χ1n) is 4.97. The molecule has 5 N–H and O–H groups in total. The van der Waals surface area contributed by atoms with Crippen LogP contribution in [0.2, 0.25) is 0 Å². The number of carboxylic acid groups (broad SMARTS) is 1. The summed E-state index contributed by atoms with van der Waals surface area (Å²) < 4.78 is 4.96. The number of aliphatic hydroxyl groups excluding tert-OH is 2. The van der Waals surface area contributed by atoms with Crippen LogP contribution in [0.4, 0.5) is 5.69 Å². The number of methoxy groups -OCH3 is 1. The summed E-state index contributed by atoms with van der Waals surface area (Å²) in [6.45, 7) is 0. The molecule has 0 aliphatic heterocycles. The maximum Gasteiger partial charge on any atom is 0.306 e. The van der Waals surface area contributed by atoms with E-state index in [1.807, 2.05) is 0 Å². The summed E-state index contributed by atoms with van der Waals surface area (Å²) in [4.78, 5) is 10.4. The molecular weight excluding hydrogens is 226 g/mol. The first kappa shape index (κ1) is 13.3. The van der Waals surface area contributed by atoms with Crippen molar-refractivity contribution in [3.8, 4) is 5.75 Å². The summed E-state index contributed by atoms with van der Waals surface area (Å²) in [5, 5.41) is 27.7. The Bertz CT molecular complexity index is 407. The van der Waals surface area contributed by atoms with Crippen molar-refractivity contribution in [3.05, 3.63) is 23.8 Å². The molecule has 0 saturated carbocycles. The molecular formula is C11H15NO5. The number of aliphatic carboxylic acids is 1. The smallest absolute Gasteiger partial charge is 0.306 e. The molecule has 0 bridgehead atoms. The minimum atomic E-state index is -1.37. The van der Waals surface area contributed by atoms with Crippen LogP contribution in [0.1, 0.15) is 18.1 Å². The number of carbonyl (C=O) groups is 1. The zero-order valence-corrected chi connectivity index (χ0v) is 9.33. The zero-order chi connectivity index (χ0) is 13.0. The van der Waals surface area contributed by atoms with Gasteiger partial charge in [-0.3, -0.25) is 4.79 Å². The molecule has 0 heterocycles. The Morgan fingerprint density at radius 3 is 2.65 bits per heavy atom. The number of aliphatic hydroxyl groups is 2. The van der Waals surface area contributed by atoms with Gasteiger partial charge in [-0.15, -0.1) is 0 Å². The molecule has 0 fully saturated rings. The second-order valence-electron chi connectivity index (χ2n) is 3.61. The lowest BCUT2D eigenvalue weighted by Gasteiger charge is -2.17. The Labute approximate surface area is 98.3 Å². The number of nitrogens with two attached hydrogens (primary N) is 1. The second-order valence-corrected chi connectivity index (χ2v) is 3.61. The van der Waals surface area contributed by atoms with Crippen LogP contribution >= 0.6 is 0 Å². The summed E-state index contributed by atoms with van der Waals surface area (Å²) >= 11 is 0. The van der Waals surface area contributed by atoms with Crippen LogP contribution in [0, 0.1) is 0 Å². The van der Waals surface area contributed by atoms with Gasteiger partial charge >= 0.3 is 5.97 Å². The van der Waals surface area contributed by atoms with E-state index in [1.165, 1.54) is 25.3 Å². The molecule has 94 valence electrons. The lowest BCUT2D eigenvalue weighted by Crippen LogP contribution is -2.21. The highest BCUT2D eigenvalue weighted by Gasteiger charge is 2.21. The van der Waals surface area contributed by atoms with Crippen molar-refractivity contribution in [2.45, 2.75) is 18.6 Å². The molecule has 2 atom stereocenters. The highest BCUT2D eigenvalue weighted by atomic mass is 16.5. The monoisotopic (exact) mass is 241 g/mol. The van der Waals surface area contributed by atoms with Crippen LogP contribution < -0.4 is 10.5 Å². The number of anilines is 1. The number of benzene rings is 1. The van der Waals surface area contributed by atoms with Gasteiger partial charge in [-0.2, -0.15) is 0 Å². The highest BCUT2D eigenvalue weighted by molar-refractivity contribution is 5.67. The van der Waals surface area contributed by atoms with Crippen LogP contribution in [0.15, 0.2) is 18.2 Å². The van der Waals surface area contributed by atoms with Gasteiger partial charge in [0, 0.05) is 0 Å². The molecule has 1 rings (SSSR count). The van der Waals surface area contributed by atoms with E-state index in [0.29, 0.717) is 17.0 Å². The van der Waals surface area contributed by atoms with E-state index in [-0.39, 0.29) is 0 Å². The quantitative estimate of drug-likeness (QED) is 0.546. The van der Waals surface area contributed by atoms with Crippen molar-refractivity contribution in [3.63, 3.8) is 0 Å². The van der Waals surface area contributed by atoms with E-state index in [9.17, 15) is 15.0 Å². The Hall–Kier alpha value is -1.79. The molecule has 0 radical (unpaired) electrons. The highest BCUT2D eigenvalue weighted by Crippen LogP contribution is 2.27. The average molecular weight is 241 g/mol. The first-order valence-corrected chi connectivity index (χ1v) is 4.97. The molecule has 0 aromatic heterocycles. The molecule has 1 aromatic rings. The van der Waals surface area contributed by atoms with Crippen LogP contribution in [0.25, 0.3) is 0 Å². The van der Waals surface area contributed by atoms with Crippen molar-refractivity contribution in [2.75, 3.05) is 12.8 Å². The number of carboxylic acids is 1. The Balaban J connectivity index is 2.88. The maximum absolute atomic E-state index is 10.4. The lowest BCUT2D eigenvalue weighted by molar-refractivity contribution is -0.141. The van der Waals surface area contributed by atoms with Gasteiger partial charge in [-0.05, 0) is 17.7 Å². The van der Waals surface area contributed by atoms with Crippen LogP contribution in [0.5, 0.6) is 5.75 Å². The van der Waals surface area contributed by atoms with Crippen molar-refractivity contribution in [2.24, 2.45) is 0 Å². The zero-order valence-electron chi connectivity index (χ0n) is 9.33. The van der Waals surface area contributed by atoms with E-state index in [4.69, 9.17) is 15.6 Å². The Morgan fingerprint density at radius 1 is 1.47 bits per heavy atom. The number of hydrogen-bond donors (Lipinski definition) is 4. The topological polar surface area (TPSA) is 113 Å². The van der Waals surface area contributed by atoms with Gasteiger partial charge in [-0.1, -0.05) is 6.07 Å². The maximum atomic E-state index is 10.4. The molecule has 6 heteroatoms. The summed E-state index contributed by atoms with van der Waals surface area (Å²) in [5.41, 5.74) is 6.34.